The summed E-state index contributed by atoms with van der Waals surface area (Å²) in [6, 6.07) is 0. The van der Waals surface area contributed by atoms with Crippen LogP contribution in [-0.2, 0) is 4.79 Å². The van der Waals surface area contributed by atoms with E-state index in [1.165, 1.54) is 0 Å². The summed E-state index contributed by atoms with van der Waals surface area (Å²) in [5.41, 5.74) is 0. The van der Waals surface area contributed by atoms with Gasteiger partial charge in [-0.3, -0.25) is 4.79 Å². The first-order valence-electron chi connectivity index (χ1n) is 0.963. The van der Waals surface area contributed by atoms with Crippen LogP contribution in [0.15, 0.2) is 0 Å². The number of aldehydes is 1. The molecule has 0 heterocycles. The van der Waals surface area contributed by atoms with Gasteiger partial charge in [0.05, 0.1) is 4.75 Å². The van der Waals surface area contributed by atoms with Crippen LogP contribution >= 0.6 is 20.5 Å². The Balaban J connectivity index is 3.20. The Morgan fingerprint density at radius 1 is 2.00 bits per heavy atom. The van der Waals surface area contributed by atoms with Gasteiger partial charge in [0.15, 0.2) is 6.29 Å². The van der Waals surface area contributed by atoms with E-state index in [0.29, 0.717) is 6.29 Å². The van der Waals surface area contributed by atoms with Gasteiger partial charge in [-0.15, -0.1) is 0 Å². The van der Waals surface area contributed by atoms with Crippen molar-refractivity contribution in [2.24, 2.45) is 0 Å². The number of halogens is 1. The molecule has 0 rings (SSSR count). The molecule has 0 aliphatic heterocycles. The van der Waals surface area contributed by atoms with Gasteiger partial charge in [0, 0.05) is 0 Å². The van der Waals surface area contributed by atoms with Crippen LogP contribution in [0.4, 0.5) is 0 Å². The molecule has 0 fully saturated rings. The molecule has 0 aromatic heterocycles. The maximum Gasteiger partial charge on any atom is 0.165 e. The molecule has 0 radical (unpaired) electrons. The van der Waals surface area contributed by atoms with Gasteiger partial charge >= 0.3 is 0 Å². The monoisotopic (exact) mass is 108 g/mol. The smallest absolute Gasteiger partial charge is 0.165 e. The third kappa shape index (κ3) is 4.13. The van der Waals surface area contributed by atoms with Crippen molar-refractivity contribution in [2.75, 3.05) is 0 Å². The first-order valence-corrected chi connectivity index (χ1v) is 1.84. The van der Waals surface area contributed by atoms with Gasteiger partial charge in [0.1, 0.15) is 0 Å². The highest BCUT2D eigenvalue weighted by molar-refractivity contribution is 7.33. The Hall–Kier alpha value is 0.130. The van der Waals surface area contributed by atoms with Crippen molar-refractivity contribution in [2.45, 2.75) is 0 Å². The lowest BCUT2D eigenvalue weighted by atomic mass is 10.9. The standard InChI is InChI=1S/C2H2ClOP/c3-2(5)1-4/h1,5H. The van der Waals surface area contributed by atoms with Crippen molar-refractivity contribution in [3.05, 3.63) is 0 Å². The Morgan fingerprint density at radius 2 is 2.20 bits per heavy atom. The topological polar surface area (TPSA) is 17.1 Å². The minimum Gasteiger partial charge on any atom is -0.297 e. The first kappa shape index (κ1) is 5.13. The van der Waals surface area contributed by atoms with Crippen LogP contribution in [0.1, 0.15) is 0 Å². The fraction of sp³-hybridized carbons (Fsp3) is 0. The SMILES string of the molecule is O=CC(=P)Cl. The molecule has 0 aromatic rings. The van der Waals surface area contributed by atoms with Gasteiger partial charge in [-0.1, -0.05) is 20.5 Å². The predicted octanol–water partition coefficient (Wildman–Crippen LogP) is 0.697. The fourth-order valence-corrected chi connectivity index (χ4v) is 0. The summed E-state index contributed by atoms with van der Waals surface area (Å²) in [7, 11) is 2.73. The third-order valence-corrected chi connectivity index (χ3v) is 0.310. The summed E-state index contributed by atoms with van der Waals surface area (Å²) in [4.78, 5) is 9.29. The highest BCUT2D eigenvalue weighted by Gasteiger charge is 1.71. The van der Waals surface area contributed by atoms with Gasteiger partial charge in [-0.05, 0) is 0 Å². The molecule has 28 valence electrons. The van der Waals surface area contributed by atoms with Crippen LogP contribution in [-0.4, -0.2) is 11.0 Å². The zero-order valence-corrected chi connectivity index (χ0v) is 4.12. The molecule has 0 spiro atoms. The number of hydrogen-bond donors (Lipinski definition) is 0. The molecule has 5 heavy (non-hydrogen) atoms. The summed E-state index contributed by atoms with van der Waals surface area (Å²) >= 11 is 4.92. The molecular weight excluding hydrogens is 106 g/mol. The van der Waals surface area contributed by atoms with Crippen LogP contribution in [0.3, 0.4) is 0 Å². The molecule has 0 saturated heterocycles. The second-order valence-electron chi connectivity index (χ2n) is 0.466. The Labute approximate surface area is 37.2 Å². The summed E-state index contributed by atoms with van der Waals surface area (Å²) in [6.45, 7) is 0. The summed E-state index contributed by atoms with van der Waals surface area (Å²) in [5.74, 6) is 0. The lowest BCUT2D eigenvalue weighted by Crippen LogP contribution is -1.75. The van der Waals surface area contributed by atoms with E-state index in [4.69, 9.17) is 11.6 Å². The molecule has 0 bridgehead atoms. The minimum atomic E-state index is 0.102. The van der Waals surface area contributed by atoms with Crippen molar-refractivity contribution >= 4 is 31.5 Å². The lowest BCUT2D eigenvalue weighted by molar-refractivity contribution is -0.102. The Bertz CT molecular complexity index is 60.7. The van der Waals surface area contributed by atoms with Crippen molar-refractivity contribution in [3.8, 4) is 0 Å². The van der Waals surface area contributed by atoms with Crippen LogP contribution in [0.2, 0.25) is 0 Å². The largest absolute Gasteiger partial charge is 0.297 e. The molecule has 0 N–H and O–H groups in total. The number of carbonyl (C=O) groups excluding carboxylic acids is 1. The van der Waals surface area contributed by atoms with E-state index < -0.39 is 0 Å². The highest BCUT2D eigenvalue weighted by atomic mass is 35.5. The summed E-state index contributed by atoms with van der Waals surface area (Å²) in [5, 5.41) is 0. The molecule has 0 atom stereocenters. The van der Waals surface area contributed by atoms with E-state index in [2.05, 4.69) is 8.86 Å². The van der Waals surface area contributed by atoms with Crippen molar-refractivity contribution in [3.63, 3.8) is 0 Å². The van der Waals surface area contributed by atoms with Gasteiger partial charge in [-0.25, -0.2) is 0 Å². The number of carbonyl (C=O) groups is 1. The maximum absolute atomic E-state index is 9.29. The van der Waals surface area contributed by atoms with Gasteiger partial charge < -0.3 is 0 Å². The molecule has 0 unspecified atom stereocenters. The summed E-state index contributed by atoms with van der Waals surface area (Å²) < 4.78 is 0.102. The number of rotatable bonds is 1. The first-order chi connectivity index (χ1) is 2.27. The molecular formula is C2H2ClOP. The van der Waals surface area contributed by atoms with Gasteiger partial charge in [0.25, 0.3) is 0 Å². The van der Waals surface area contributed by atoms with E-state index in [0.717, 1.165) is 0 Å². The van der Waals surface area contributed by atoms with E-state index >= 15 is 0 Å². The second-order valence-corrected chi connectivity index (χ2v) is 1.73. The number of hydrogen-bond acceptors (Lipinski definition) is 1. The van der Waals surface area contributed by atoms with Crippen LogP contribution in [0.5, 0.6) is 0 Å². The molecule has 0 amide bonds. The highest BCUT2D eigenvalue weighted by Crippen LogP contribution is 1.77. The fourth-order valence-electron chi connectivity index (χ4n) is 0. The van der Waals surface area contributed by atoms with Crippen LogP contribution < -0.4 is 0 Å². The molecule has 1 nitrogen and oxygen atoms in total. The predicted molar refractivity (Wildman–Crippen MR) is 25.2 cm³/mol. The average Bonchev–Trinajstić information content (AvgIpc) is 1.38. The zero-order valence-electron chi connectivity index (χ0n) is 2.36. The Kier molecular flexibility index (Phi) is 2.43. The molecule has 0 aromatic carbocycles. The zero-order chi connectivity index (χ0) is 4.28. The summed E-state index contributed by atoms with van der Waals surface area (Å²) in [6.07, 6.45) is 0.512. The van der Waals surface area contributed by atoms with Gasteiger partial charge in [-0.2, -0.15) is 0 Å². The third-order valence-electron chi connectivity index (χ3n) is 0.103. The van der Waals surface area contributed by atoms with Gasteiger partial charge in [0.2, 0.25) is 0 Å². The minimum absolute atomic E-state index is 0.102. The average molecular weight is 108 g/mol. The van der Waals surface area contributed by atoms with Crippen molar-refractivity contribution in [1.82, 2.24) is 0 Å². The normalized spacial score (nSPS) is 6.60. The van der Waals surface area contributed by atoms with Crippen molar-refractivity contribution in [1.29, 1.82) is 0 Å². The molecule has 3 heteroatoms. The quantitative estimate of drug-likeness (QED) is 0.357. The van der Waals surface area contributed by atoms with Crippen LogP contribution in [0.25, 0.3) is 0 Å². The molecule has 0 aliphatic rings. The maximum atomic E-state index is 9.29. The van der Waals surface area contributed by atoms with E-state index in [9.17, 15) is 4.79 Å². The van der Waals surface area contributed by atoms with E-state index in [-0.39, 0.29) is 4.75 Å². The second kappa shape index (κ2) is 2.37. The van der Waals surface area contributed by atoms with Crippen molar-refractivity contribution < 1.29 is 4.79 Å². The van der Waals surface area contributed by atoms with E-state index in [1.54, 1.807) is 0 Å². The van der Waals surface area contributed by atoms with Crippen LogP contribution in [0, 0.1) is 0 Å². The lowest BCUT2D eigenvalue weighted by Gasteiger charge is -1.60. The Morgan fingerprint density at radius 3 is 2.20 bits per heavy atom. The molecule has 0 aliphatic carbocycles. The van der Waals surface area contributed by atoms with E-state index in [1.807, 2.05) is 0 Å². The molecule has 0 saturated carbocycles.